The van der Waals surface area contributed by atoms with Crippen LogP contribution in [0.15, 0.2) is 42.5 Å². The first-order valence-corrected chi connectivity index (χ1v) is 7.05. The molecule has 0 aromatic heterocycles. The predicted molar refractivity (Wildman–Crippen MR) is 79.1 cm³/mol. The molecule has 3 rings (SSSR count). The van der Waals surface area contributed by atoms with Crippen molar-refractivity contribution in [1.82, 2.24) is 5.32 Å². The summed E-state index contributed by atoms with van der Waals surface area (Å²) < 4.78 is 24.5. The molecule has 1 unspecified atom stereocenters. The maximum atomic E-state index is 13.7. The summed E-state index contributed by atoms with van der Waals surface area (Å²) in [6.07, 6.45) is 0.869. The molecule has 110 valence electrons. The number of ether oxygens (including phenoxy) is 2. The summed E-state index contributed by atoms with van der Waals surface area (Å²) in [5.74, 6) is 1.45. The van der Waals surface area contributed by atoms with Gasteiger partial charge in [-0.05, 0) is 12.1 Å². The van der Waals surface area contributed by atoms with Crippen LogP contribution in [-0.4, -0.2) is 13.7 Å². The van der Waals surface area contributed by atoms with E-state index in [-0.39, 0.29) is 11.9 Å². The van der Waals surface area contributed by atoms with E-state index < -0.39 is 0 Å². The lowest BCUT2D eigenvalue weighted by atomic mass is 10.00. The summed E-state index contributed by atoms with van der Waals surface area (Å²) in [7, 11) is 1.64. The molecule has 0 amide bonds. The average Bonchev–Trinajstić information content (AvgIpc) is 2.53. The highest BCUT2D eigenvalue weighted by molar-refractivity contribution is 5.43. The van der Waals surface area contributed by atoms with Crippen LogP contribution in [0, 0.1) is 5.82 Å². The fourth-order valence-electron chi connectivity index (χ4n) is 2.58. The van der Waals surface area contributed by atoms with Crippen molar-refractivity contribution >= 4 is 0 Å². The Bertz CT molecular complexity index is 630. The maximum absolute atomic E-state index is 13.7. The minimum atomic E-state index is -0.174. The molecule has 0 saturated heterocycles. The summed E-state index contributed by atoms with van der Waals surface area (Å²) in [6.45, 7) is 1.15. The minimum absolute atomic E-state index is 0.166. The van der Waals surface area contributed by atoms with Gasteiger partial charge in [0.05, 0.1) is 13.7 Å². The van der Waals surface area contributed by atoms with Crippen LogP contribution in [0.25, 0.3) is 0 Å². The molecule has 0 bridgehead atoms. The molecule has 1 aliphatic heterocycles. The first kappa shape index (κ1) is 13.9. The largest absolute Gasteiger partial charge is 0.497 e. The third-order valence-electron chi connectivity index (χ3n) is 3.76. The summed E-state index contributed by atoms with van der Waals surface area (Å²) in [4.78, 5) is 0. The second-order valence-electron chi connectivity index (χ2n) is 5.07. The van der Waals surface area contributed by atoms with Crippen molar-refractivity contribution in [3.63, 3.8) is 0 Å². The van der Waals surface area contributed by atoms with E-state index in [0.29, 0.717) is 18.7 Å². The van der Waals surface area contributed by atoms with Gasteiger partial charge < -0.3 is 14.8 Å². The predicted octanol–water partition coefficient (Wildman–Crippen LogP) is 3.45. The van der Waals surface area contributed by atoms with Gasteiger partial charge in [0.25, 0.3) is 0 Å². The Kier molecular flexibility index (Phi) is 4.06. The fourth-order valence-corrected chi connectivity index (χ4v) is 2.58. The topological polar surface area (TPSA) is 30.5 Å². The SMILES string of the molecule is COc1ccc2c(c1)OCCC2NCc1ccccc1F. The number of methoxy groups -OCH3 is 1. The molecule has 0 saturated carbocycles. The molecular weight excluding hydrogens is 269 g/mol. The van der Waals surface area contributed by atoms with Gasteiger partial charge in [-0.15, -0.1) is 0 Å². The lowest BCUT2D eigenvalue weighted by Crippen LogP contribution is -2.27. The van der Waals surface area contributed by atoms with E-state index in [1.165, 1.54) is 6.07 Å². The first-order valence-electron chi connectivity index (χ1n) is 7.05. The molecule has 0 spiro atoms. The van der Waals surface area contributed by atoms with E-state index >= 15 is 0 Å². The monoisotopic (exact) mass is 287 g/mol. The van der Waals surface area contributed by atoms with Crippen LogP contribution in [0.4, 0.5) is 4.39 Å². The number of nitrogens with one attached hydrogen (secondary N) is 1. The average molecular weight is 287 g/mol. The second kappa shape index (κ2) is 6.14. The molecule has 0 aliphatic carbocycles. The van der Waals surface area contributed by atoms with Crippen molar-refractivity contribution in [2.24, 2.45) is 0 Å². The van der Waals surface area contributed by atoms with Gasteiger partial charge in [-0.3, -0.25) is 0 Å². The van der Waals surface area contributed by atoms with Gasteiger partial charge in [-0.25, -0.2) is 4.39 Å². The lowest BCUT2D eigenvalue weighted by Gasteiger charge is -2.27. The third-order valence-corrected chi connectivity index (χ3v) is 3.76. The van der Waals surface area contributed by atoms with E-state index in [9.17, 15) is 4.39 Å². The van der Waals surface area contributed by atoms with Gasteiger partial charge in [0.2, 0.25) is 0 Å². The molecule has 21 heavy (non-hydrogen) atoms. The van der Waals surface area contributed by atoms with Crippen LogP contribution in [-0.2, 0) is 6.54 Å². The molecule has 0 fully saturated rings. The van der Waals surface area contributed by atoms with Crippen molar-refractivity contribution < 1.29 is 13.9 Å². The molecule has 1 N–H and O–H groups in total. The van der Waals surface area contributed by atoms with Gasteiger partial charge in [0.1, 0.15) is 17.3 Å². The molecule has 0 radical (unpaired) electrons. The zero-order valence-corrected chi connectivity index (χ0v) is 11.9. The van der Waals surface area contributed by atoms with Crippen molar-refractivity contribution in [3.05, 3.63) is 59.4 Å². The highest BCUT2D eigenvalue weighted by Crippen LogP contribution is 2.34. The Hall–Kier alpha value is -2.07. The third kappa shape index (κ3) is 3.00. The molecular formula is C17H18FNO2. The molecule has 1 heterocycles. The molecule has 3 nitrogen and oxygen atoms in total. The Morgan fingerprint density at radius 1 is 1.29 bits per heavy atom. The Balaban J connectivity index is 1.75. The van der Waals surface area contributed by atoms with Crippen molar-refractivity contribution in [2.45, 2.75) is 19.0 Å². The van der Waals surface area contributed by atoms with E-state index in [1.54, 1.807) is 19.2 Å². The number of halogens is 1. The minimum Gasteiger partial charge on any atom is -0.497 e. The standard InChI is InChI=1S/C17H18FNO2/c1-20-13-6-7-14-16(8-9-21-17(14)10-13)19-11-12-4-2-3-5-15(12)18/h2-7,10,16,19H,8-9,11H2,1H3. The van der Waals surface area contributed by atoms with Crippen LogP contribution >= 0.6 is 0 Å². The van der Waals surface area contributed by atoms with Crippen molar-refractivity contribution in [2.75, 3.05) is 13.7 Å². The van der Waals surface area contributed by atoms with Gasteiger partial charge >= 0.3 is 0 Å². The summed E-state index contributed by atoms with van der Waals surface area (Å²) in [5, 5.41) is 3.41. The van der Waals surface area contributed by atoms with Gasteiger partial charge in [0, 0.05) is 36.2 Å². The molecule has 2 aromatic rings. The van der Waals surface area contributed by atoms with Gasteiger partial charge in [-0.1, -0.05) is 24.3 Å². The van der Waals surface area contributed by atoms with Crippen molar-refractivity contribution in [1.29, 1.82) is 0 Å². The zero-order chi connectivity index (χ0) is 14.7. The number of benzene rings is 2. The van der Waals surface area contributed by atoms with Crippen LogP contribution < -0.4 is 14.8 Å². The van der Waals surface area contributed by atoms with Crippen LogP contribution in [0.2, 0.25) is 0 Å². The first-order chi connectivity index (χ1) is 10.3. The molecule has 1 atom stereocenters. The summed E-state index contributed by atoms with van der Waals surface area (Å²) in [5.41, 5.74) is 1.78. The van der Waals surface area contributed by atoms with Crippen LogP contribution in [0.5, 0.6) is 11.5 Å². The lowest BCUT2D eigenvalue weighted by molar-refractivity contribution is 0.250. The fraction of sp³-hybridized carbons (Fsp3) is 0.294. The van der Waals surface area contributed by atoms with Crippen molar-refractivity contribution in [3.8, 4) is 11.5 Å². The number of rotatable bonds is 4. The highest BCUT2D eigenvalue weighted by atomic mass is 19.1. The van der Waals surface area contributed by atoms with E-state index in [1.807, 2.05) is 24.3 Å². The summed E-state index contributed by atoms with van der Waals surface area (Å²) in [6, 6.07) is 12.8. The molecule has 4 heteroatoms. The quantitative estimate of drug-likeness (QED) is 0.934. The van der Waals surface area contributed by atoms with Crippen LogP contribution in [0.3, 0.4) is 0 Å². The van der Waals surface area contributed by atoms with Gasteiger partial charge in [0.15, 0.2) is 0 Å². The second-order valence-corrected chi connectivity index (χ2v) is 5.07. The summed E-state index contributed by atoms with van der Waals surface area (Å²) >= 11 is 0. The smallest absolute Gasteiger partial charge is 0.127 e. The number of hydrogen-bond donors (Lipinski definition) is 1. The Morgan fingerprint density at radius 2 is 2.14 bits per heavy atom. The molecule has 2 aromatic carbocycles. The normalized spacial score (nSPS) is 17.0. The zero-order valence-electron chi connectivity index (χ0n) is 11.9. The highest BCUT2D eigenvalue weighted by Gasteiger charge is 2.21. The number of hydrogen-bond acceptors (Lipinski definition) is 3. The Labute approximate surface area is 123 Å². The number of fused-ring (bicyclic) bond motifs is 1. The van der Waals surface area contributed by atoms with E-state index in [0.717, 1.165) is 23.5 Å². The molecule has 1 aliphatic rings. The van der Waals surface area contributed by atoms with E-state index in [4.69, 9.17) is 9.47 Å². The van der Waals surface area contributed by atoms with E-state index in [2.05, 4.69) is 5.32 Å². The van der Waals surface area contributed by atoms with Crippen LogP contribution in [0.1, 0.15) is 23.6 Å². The maximum Gasteiger partial charge on any atom is 0.127 e. The van der Waals surface area contributed by atoms with Gasteiger partial charge in [-0.2, -0.15) is 0 Å². The Morgan fingerprint density at radius 3 is 2.95 bits per heavy atom.